The molecule has 0 aliphatic carbocycles. The van der Waals surface area contributed by atoms with Crippen LogP contribution in [0.15, 0.2) is 15.9 Å². The van der Waals surface area contributed by atoms with Gasteiger partial charge in [0.2, 0.25) is 0 Å². The molecule has 5 heteroatoms. The van der Waals surface area contributed by atoms with Crippen molar-refractivity contribution in [2.45, 2.75) is 19.4 Å². The minimum Gasteiger partial charge on any atom is -0.385 e. The number of ether oxygens (including phenoxy) is 1. The quantitative estimate of drug-likeness (QED) is 0.906. The van der Waals surface area contributed by atoms with Crippen molar-refractivity contribution in [3.63, 3.8) is 0 Å². The van der Waals surface area contributed by atoms with Crippen LogP contribution in [0.1, 0.15) is 23.0 Å². The number of methoxy groups -OCH3 is 1. The van der Waals surface area contributed by atoms with Crippen LogP contribution in [0.4, 0.5) is 0 Å². The monoisotopic (exact) mass is 291 g/mol. The van der Waals surface area contributed by atoms with E-state index in [0.29, 0.717) is 6.61 Å². The molecule has 0 aromatic carbocycles. The van der Waals surface area contributed by atoms with Gasteiger partial charge in [-0.1, -0.05) is 0 Å². The summed E-state index contributed by atoms with van der Waals surface area (Å²) in [6.45, 7) is 2.63. The van der Waals surface area contributed by atoms with Gasteiger partial charge in [0.15, 0.2) is 0 Å². The van der Waals surface area contributed by atoms with Crippen LogP contribution >= 0.6 is 27.3 Å². The summed E-state index contributed by atoms with van der Waals surface area (Å²) in [5, 5.41) is 2.91. The normalized spacial score (nSPS) is 12.5. The van der Waals surface area contributed by atoms with Crippen LogP contribution in [-0.2, 0) is 4.74 Å². The molecule has 0 aliphatic rings. The Morgan fingerprint density at radius 2 is 2.40 bits per heavy atom. The summed E-state index contributed by atoms with van der Waals surface area (Å²) in [5.74, 6) is -0.0192. The standard InChI is InChI=1S/C10H14BrNO2S/c1-7(5-6-14-2)12-10(13)8-3-4-9(11)15-8/h3-4,7H,5-6H2,1-2H3,(H,12,13). The lowest BCUT2D eigenvalue weighted by Crippen LogP contribution is -2.32. The van der Waals surface area contributed by atoms with Gasteiger partial charge in [0, 0.05) is 19.8 Å². The molecule has 1 aromatic heterocycles. The van der Waals surface area contributed by atoms with Crippen LogP contribution in [0.3, 0.4) is 0 Å². The number of carbonyl (C=O) groups is 1. The Hall–Kier alpha value is -0.390. The number of nitrogens with one attached hydrogen (secondary N) is 1. The van der Waals surface area contributed by atoms with E-state index in [4.69, 9.17) is 4.74 Å². The summed E-state index contributed by atoms with van der Waals surface area (Å²) in [6, 6.07) is 3.82. The fourth-order valence-corrected chi connectivity index (χ4v) is 2.39. The lowest BCUT2D eigenvalue weighted by Gasteiger charge is -2.12. The van der Waals surface area contributed by atoms with Crippen molar-refractivity contribution >= 4 is 33.2 Å². The maximum absolute atomic E-state index is 11.7. The third-order valence-corrected chi connectivity index (χ3v) is 3.55. The number of thiophene rings is 1. The molecule has 0 fully saturated rings. The van der Waals surface area contributed by atoms with Gasteiger partial charge in [0.25, 0.3) is 5.91 Å². The molecule has 3 nitrogen and oxygen atoms in total. The predicted molar refractivity (Wildman–Crippen MR) is 65.4 cm³/mol. The average molecular weight is 292 g/mol. The molecular formula is C10H14BrNO2S. The largest absolute Gasteiger partial charge is 0.385 e. The van der Waals surface area contributed by atoms with E-state index in [0.717, 1.165) is 15.1 Å². The number of hydrogen-bond acceptors (Lipinski definition) is 3. The van der Waals surface area contributed by atoms with Crippen molar-refractivity contribution in [2.24, 2.45) is 0 Å². The summed E-state index contributed by atoms with van der Waals surface area (Å²) < 4.78 is 5.92. The second kappa shape index (κ2) is 6.25. The molecular weight excluding hydrogens is 278 g/mol. The van der Waals surface area contributed by atoms with Gasteiger partial charge in [-0.2, -0.15) is 0 Å². The summed E-state index contributed by atoms with van der Waals surface area (Å²) in [7, 11) is 1.66. The Morgan fingerprint density at radius 1 is 1.67 bits per heavy atom. The fourth-order valence-electron chi connectivity index (χ4n) is 1.10. The number of amides is 1. The molecule has 0 aliphatic heterocycles. The SMILES string of the molecule is COCCC(C)NC(=O)c1ccc(Br)s1. The van der Waals surface area contributed by atoms with Gasteiger partial charge in [0.05, 0.1) is 8.66 Å². The second-order valence-corrected chi connectivity index (χ2v) is 5.72. The van der Waals surface area contributed by atoms with Gasteiger partial charge >= 0.3 is 0 Å². The average Bonchev–Trinajstić information content (AvgIpc) is 2.61. The van der Waals surface area contributed by atoms with Gasteiger partial charge in [0.1, 0.15) is 0 Å². The van der Waals surface area contributed by atoms with Crippen LogP contribution in [-0.4, -0.2) is 25.7 Å². The molecule has 1 amide bonds. The number of hydrogen-bond donors (Lipinski definition) is 1. The van der Waals surface area contributed by atoms with E-state index in [-0.39, 0.29) is 11.9 Å². The molecule has 1 N–H and O–H groups in total. The molecule has 0 saturated carbocycles. The second-order valence-electron chi connectivity index (χ2n) is 3.26. The molecule has 1 rings (SSSR count). The maximum atomic E-state index is 11.7. The smallest absolute Gasteiger partial charge is 0.261 e. The third kappa shape index (κ3) is 4.32. The molecule has 0 saturated heterocycles. The zero-order valence-corrected chi connectivity index (χ0v) is 11.2. The van der Waals surface area contributed by atoms with Crippen LogP contribution in [0.5, 0.6) is 0 Å². The van der Waals surface area contributed by atoms with E-state index in [2.05, 4.69) is 21.2 Å². The summed E-state index contributed by atoms with van der Waals surface area (Å²) >= 11 is 4.76. The van der Waals surface area contributed by atoms with Crippen molar-refractivity contribution in [1.29, 1.82) is 0 Å². The molecule has 0 spiro atoms. The lowest BCUT2D eigenvalue weighted by atomic mass is 10.2. The van der Waals surface area contributed by atoms with Crippen molar-refractivity contribution < 1.29 is 9.53 Å². The Morgan fingerprint density at radius 3 is 2.93 bits per heavy atom. The van der Waals surface area contributed by atoms with Crippen LogP contribution < -0.4 is 5.32 Å². The highest BCUT2D eigenvalue weighted by molar-refractivity contribution is 9.11. The van der Waals surface area contributed by atoms with E-state index in [1.807, 2.05) is 19.1 Å². The van der Waals surface area contributed by atoms with Gasteiger partial charge in [-0.15, -0.1) is 11.3 Å². The number of carbonyl (C=O) groups excluding carboxylic acids is 1. The van der Waals surface area contributed by atoms with Crippen LogP contribution in [0.25, 0.3) is 0 Å². The molecule has 1 unspecified atom stereocenters. The molecule has 1 aromatic rings. The van der Waals surface area contributed by atoms with E-state index >= 15 is 0 Å². The van der Waals surface area contributed by atoms with Crippen molar-refractivity contribution in [2.75, 3.05) is 13.7 Å². The Kier molecular flexibility index (Phi) is 5.28. The first kappa shape index (κ1) is 12.7. The van der Waals surface area contributed by atoms with Crippen LogP contribution in [0.2, 0.25) is 0 Å². The summed E-state index contributed by atoms with van der Waals surface area (Å²) in [4.78, 5) is 12.4. The highest BCUT2D eigenvalue weighted by atomic mass is 79.9. The summed E-state index contributed by atoms with van der Waals surface area (Å²) in [6.07, 6.45) is 0.828. The molecule has 0 radical (unpaired) electrons. The zero-order chi connectivity index (χ0) is 11.3. The summed E-state index contributed by atoms with van der Waals surface area (Å²) in [5.41, 5.74) is 0. The predicted octanol–water partition coefficient (Wildman–Crippen LogP) is 2.67. The third-order valence-electron chi connectivity index (χ3n) is 1.93. The minimum absolute atomic E-state index is 0.0192. The number of halogens is 1. The van der Waals surface area contributed by atoms with E-state index in [9.17, 15) is 4.79 Å². The Bertz CT molecular complexity index is 327. The van der Waals surface area contributed by atoms with Crippen molar-refractivity contribution in [3.05, 3.63) is 20.8 Å². The Labute approximate surface area is 102 Å². The topological polar surface area (TPSA) is 38.3 Å². The molecule has 15 heavy (non-hydrogen) atoms. The zero-order valence-electron chi connectivity index (χ0n) is 8.75. The van der Waals surface area contributed by atoms with Crippen molar-refractivity contribution in [3.8, 4) is 0 Å². The first-order chi connectivity index (χ1) is 7.13. The van der Waals surface area contributed by atoms with E-state index in [1.54, 1.807) is 7.11 Å². The number of rotatable bonds is 5. The van der Waals surface area contributed by atoms with E-state index in [1.165, 1.54) is 11.3 Å². The van der Waals surface area contributed by atoms with Crippen LogP contribution in [0, 0.1) is 0 Å². The van der Waals surface area contributed by atoms with Gasteiger partial charge in [-0.25, -0.2) is 0 Å². The first-order valence-electron chi connectivity index (χ1n) is 4.68. The highest BCUT2D eigenvalue weighted by Gasteiger charge is 2.11. The van der Waals surface area contributed by atoms with Crippen molar-refractivity contribution in [1.82, 2.24) is 5.32 Å². The highest BCUT2D eigenvalue weighted by Crippen LogP contribution is 2.21. The maximum Gasteiger partial charge on any atom is 0.261 e. The van der Waals surface area contributed by atoms with Gasteiger partial charge < -0.3 is 10.1 Å². The molecule has 84 valence electrons. The molecule has 1 atom stereocenters. The van der Waals surface area contributed by atoms with Gasteiger partial charge in [-0.05, 0) is 41.4 Å². The Balaban J connectivity index is 2.42. The first-order valence-corrected chi connectivity index (χ1v) is 6.29. The fraction of sp³-hybridized carbons (Fsp3) is 0.500. The molecule has 1 heterocycles. The van der Waals surface area contributed by atoms with Gasteiger partial charge in [-0.3, -0.25) is 4.79 Å². The molecule has 0 bridgehead atoms. The lowest BCUT2D eigenvalue weighted by molar-refractivity contribution is 0.0933. The van der Waals surface area contributed by atoms with E-state index < -0.39 is 0 Å². The minimum atomic E-state index is -0.0192.